The van der Waals surface area contributed by atoms with Gasteiger partial charge in [-0.3, -0.25) is 5.41 Å². The summed E-state index contributed by atoms with van der Waals surface area (Å²) in [5.74, 6) is 0.0673. The van der Waals surface area contributed by atoms with Gasteiger partial charge >= 0.3 is 0 Å². The molecule has 100 valence electrons. The molecule has 0 aliphatic carbocycles. The second kappa shape index (κ2) is 5.57. The van der Waals surface area contributed by atoms with Crippen LogP contribution < -0.4 is 5.73 Å². The first-order valence-corrected chi connectivity index (χ1v) is 7.08. The maximum atomic E-state index is 7.45. The summed E-state index contributed by atoms with van der Waals surface area (Å²) in [6.07, 6.45) is 1.84. The fourth-order valence-electron chi connectivity index (χ4n) is 1.95. The van der Waals surface area contributed by atoms with Crippen LogP contribution in [0.5, 0.6) is 0 Å². The molecule has 0 aliphatic heterocycles. The maximum Gasteiger partial charge on any atom is 0.122 e. The van der Waals surface area contributed by atoms with Gasteiger partial charge in [0.2, 0.25) is 0 Å². The molecule has 19 heavy (non-hydrogen) atoms. The van der Waals surface area contributed by atoms with Gasteiger partial charge in [-0.05, 0) is 53.0 Å². The molecule has 0 fully saturated rings. The summed E-state index contributed by atoms with van der Waals surface area (Å²) in [4.78, 5) is 0. The molecule has 0 saturated heterocycles. The second-order valence-corrected chi connectivity index (χ2v) is 5.18. The van der Waals surface area contributed by atoms with Gasteiger partial charge in [-0.15, -0.1) is 0 Å². The zero-order valence-corrected chi connectivity index (χ0v) is 12.7. The molecule has 4 nitrogen and oxygen atoms in total. The minimum Gasteiger partial charge on any atom is -0.384 e. The molecule has 1 aromatic heterocycles. The number of nitrogens with two attached hydrogens (primary N) is 1. The number of halogens is 1. The summed E-state index contributed by atoms with van der Waals surface area (Å²) >= 11 is 3.53. The van der Waals surface area contributed by atoms with Gasteiger partial charge in [0.25, 0.3) is 0 Å². The van der Waals surface area contributed by atoms with Crippen LogP contribution >= 0.6 is 15.9 Å². The highest BCUT2D eigenvalue weighted by Crippen LogP contribution is 2.24. The number of amidine groups is 1. The Labute approximate surface area is 121 Å². The average molecular weight is 321 g/mol. The second-order valence-electron chi connectivity index (χ2n) is 4.33. The Balaban J connectivity index is 2.52. The van der Waals surface area contributed by atoms with Gasteiger partial charge in [-0.2, -0.15) is 5.10 Å². The van der Waals surface area contributed by atoms with Crippen LogP contribution in [-0.2, 0) is 12.8 Å². The SMILES string of the molecule is CCc1cc(CC)n(-c2ccc(C(=N)N)cc2Br)n1. The van der Waals surface area contributed by atoms with E-state index in [1.807, 2.05) is 22.9 Å². The van der Waals surface area contributed by atoms with Crippen LogP contribution in [0.2, 0.25) is 0 Å². The van der Waals surface area contributed by atoms with Crippen molar-refractivity contribution < 1.29 is 0 Å². The number of aryl methyl sites for hydroxylation is 2. The predicted octanol–water partition coefficient (Wildman–Crippen LogP) is 3.04. The summed E-state index contributed by atoms with van der Waals surface area (Å²) in [7, 11) is 0. The van der Waals surface area contributed by atoms with Gasteiger partial charge in [0.05, 0.1) is 11.4 Å². The lowest BCUT2D eigenvalue weighted by molar-refractivity contribution is 0.791. The Bertz CT molecular complexity index is 616. The van der Waals surface area contributed by atoms with E-state index in [1.165, 1.54) is 5.69 Å². The van der Waals surface area contributed by atoms with Crippen LogP contribution in [0.4, 0.5) is 0 Å². The lowest BCUT2D eigenvalue weighted by atomic mass is 10.2. The van der Waals surface area contributed by atoms with Crippen molar-refractivity contribution >= 4 is 21.8 Å². The fourth-order valence-corrected chi connectivity index (χ4v) is 2.50. The normalized spacial score (nSPS) is 10.7. The van der Waals surface area contributed by atoms with Crippen molar-refractivity contribution in [3.63, 3.8) is 0 Å². The molecule has 1 aromatic carbocycles. The monoisotopic (exact) mass is 320 g/mol. The molecule has 0 radical (unpaired) electrons. The largest absolute Gasteiger partial charge is 0.384 e. The van der Waals surface area contributed by atoms with Gasteiger partial charge in [-0.25, -0.2) is 4.68 Å². The lowest BCUT2D eigenvalue weighted by Crippen LogP contribution is -2.11. The van der Waals surface area contributed by atoms with Gasteiger partial charge < -0.3 is 5.73 Å². The third kappa shape index (κ3) is 2.71. The highest BCUT2D eigenvalue weighted by atomic mass is 79.9. The van der Waals surface area contributed by atoms with Crippen molar-refractivity contribution in [3.8, 4) is 5.69 Å². The van der Waals surface area contributed by atoms with Crippen LogP contribution in [0, 0.1) is 5.41 Å². The number of benzene rings is 1. The first-order chi connectivity index (χ1) is 9.06. The highest BCUT2D eigenvalue weighted by molar-refractivity contribution is 9.10. The van der Waals surface area contributed by atoms with E-state index in [0.717, 1.165) is 28.7 Å². The van der Waals surface area contributed by atoms with Gasteiger partial charge in [0.1, 0.15) is 5.84 Å². The zero-order valence-electron chi connectivity index (χ0n) is 11.1. The quantitative estimate of drug-likeness (QED) is 0.671. The van der Waals surface area contributed by atoms with E-state index in [4.69, 9.17) is 11.1 Å². The first-order valence-electron chi connectivity index (χ1n) is 6.29. The molecule has 0 spiro atoms. The maximum absolute atomic E-state index is 7.45. The summed E-state index contributed by atoms with van der Waals surface area (Å²) in [5, 5.41) is 12.1. The Morgan fingerprint density at radius 3 is 2.58 bits per heavy atom. The van der Waals surface area contributed by atoms with Crippen LogP contribution in [0.25, 0.3) is 5.69 Å². The average Bonchev–Trinajstić information content (AvgIpc) is 2.81. The number of hydrogen-bond acceptors (Lipinski definition) is 2. The van der Waals surface area contributed by atoms with Gasteiger partial charge in [-0.1, -0.05) is 13.8 Å². The Kier molecular flexibility index (Phi) is 4.04. The topological polar surface area (TPSA) is 67.7 Å². The minimum absolute atomic E-state index is 0.0673. The molecule has 2 rings (SSSR count). The van der Waals surface area contributed by atoms with E-state index >= 15 is 0 Å². The standard InChI is InChI=1S/C14H17BrN4/c1-3-10-8-11(4-2)19(18-10)13-6-5-9(14(16)17)7-12(13)15/h5-8H,3-4H2,1-2H3,(H3,16,17). The van der Waals surface area contributed by atoms with Crippen LogP contribution in [0.15, 0.2) is 28.7 Å². The van der Waals surface area contributed by atoms with E-state index in [-0.39, 0.29) is 5.84 Å². The molecule has 5 heteroatoms. The van der Waals surface area contributed by atoms with Crippen molar-refractivity contribution in [3.05, 3.63) is 45.7 Å². The van der Waals surface area contributed by atoms with Crippen molar-refractivity contribution in [2.24, 2.45) is 5.73 Å². The van der Waals surface area contributed by atoms with E-state index < -0.39 is 0 Å². The Hall–Kier alpha value is -1.62. The number of rotatable bonds is 4. The Morgan fingerprint density at radius 1 is 1.32 bits per heavy atom. The number of nitrogens with one attached hydrogen (secondary N) is 1. The van der Waals surface area contributed by atoms with Crippen molar-refractivity contribution in [2.75, 3.05) is 0 Å². The highest BCUT2D eigenvalue weighted by Gasteiger charge is 2.11. The van der Waals surface area contributed by atoms with Gasteiger partial charge in [0, 0.05) is 15.7 Å². The third-order valence-corrected chi connectivity index (χ3v) is 3.68. The molecule has 3 N–H and O–H groups in total. The van der Waals surface area contributed by atoms with Crippen molar-refractivity contribution in [2.45, 2.75) is 26.7 Å². The van der Waals surface area contributed by atoms with E-state index in [1.54, 1.807) is 0 Å². The molecular weight excluding hydrogens is 304 g/mol. The van der Waals surface area contributed by atoms with Crippen LogP contribution in [0.3, 0.4) is 0 Å². The number of aromatic nitrogens is 2. The van der Waals surface area contributed by atoms with E-state index in [2.05, 4.69) is 40.9 Å². The molecule has 1 heterocycles. The molecule has 0 saturated carbocycles. The molecule has 0 unspecified atom stereocenters. The van der Waals surface area contributed by atoms with Gasteiger partial charge in [0.15, 0.2) is 0 Å². The fraction of sp³-hybridized carbons (Fsp3) is 0.286. The van der Waals surface area contributed by atoms with E-state index in [0.29, 0.717) is 5.56 Å². The summed E-state index contributed by atoms with van der Waals surface area (Å²) in [6.45, 7) is 4.21. The molecule has 0 bridgehead atoms. The van der Waals surface area contributed by atoms with Crippen molar-refractivity contribution in [1.82, 2.24) is 9.78 Å². The number of nitrogens with zero attached hydrogens (tertiary/aromatic N) is 2. The smallest absolute Gasteiger partial charge is 0.122 e. The molecule has 0 amide bonds. The summed E-state index contributed by atoms with van der Waals surface area (Å²) in [6, 6.07) is 7.76. The third-order valence-electron chi connectivity index (χ3n) is 3.05. The lowest BCUT2D eigenvalue weighted by Gasteiger charge is -2.09. The first kappa shape index (κ1) is 13.8. The molecule has 2 aromatic rings. The zero-order chi connectivity index (χ0) is 14.0. The minimum atomic E-state index is 0.0673. The van der Waals surface area contributed by atoms with Crippen molar-refractivity contribution in [1.29, 1.82) is 5.41 Å². The number of nitrogen functional groups attached to an aromatic ring is 1. The Morgan fingerprint density at radius 2 is 2.05 bits per heavy atom. The van der Waals surface area contributed by atoms with E-state index in [9.17, 15) is 0 Å². The number of hydrogen-bond donors (Lipinski definition) is 2. The molecule has 0 aliphatic rings. The van der Waals surface area contributed by atoms with Crippen LogP contribution in [-0.4, -0.2) is 15.6 Å². The van der Waals surface area contributed by atoms with Crippen LogP contribution in [0.1, 0.15) is 30.8 Å². The molecule has 0 atom stereocenters. The summed E-state index contributed by atoms with van der Waals surface area (Å²) in [5.41, 5.74) is 9.43. The molecular formula is C14H17BrN4. The summed E-state index contributed by atoms with van der Waals surface area (Å²) < 4.78 is 2.84. The predicted molar refractivity (Wildman–Crippen MR) is 81.0 cm³/mol.